The van der Waals surface area contributed by atoms with Crippen LogP contribution in [0.25, 0.3) is 0 Å². The molecule has 2 aromatic rings. The summed E-state index contributed by atoms with van der Waals surface area (Å²) >= 11 is 0. The topological polar surface area (TPSA) is 66.8 Å². The molecule has 0 fully saturated rings. The minimum atomic E-state index is -0.657. The van der Waals surface area contributed by atoms with Crippen molar-refractivity contribution in [3.8, 4) is 11.5 Å². The molecule has 4 heteroatoms. The van der Waals surface area contributed by atoms with Crippen LogP contribution >= 0.6 is 0 Å². The highest BCUT2D eigenvalue weighted by Gasteiger charge is 2.15. The van der Waals surface area contributed by atoms with E-state index in [1.54, 1.807) is 0 Å². The molecule has 146 valence electrons. The van der Waals surface area contributed by atoms with Gasteiger partial charge in [0.1, 0.15) is 12.2 Å². The number of rotatable bonds is 11. The summed E-state index contributed by atoms with van der Waals surface area (Å²) in [4.78, 5) is 12.0. The predicted molar refractivity (Wildman–Crippen MR) is 107 cm³/mol. The number of hydrogen-bond acceptors (Lipinski definition) is 4. The molecule has 0 aromatic heterocycles. The Balaban J connectivity index is 1.72. The Morgan fingerprint density at radius 3 is 2.19 bits per heavy atom. The zero-order valence-electron chi connectivity index (χ0n) is 16.1. The number of esters is 1. The van der Waals surface area contributed by atoms with Crippen LogP contribution in [0.3, 0.4) is 0 Å². The molecular weight excluding hydrogens is 340 g/mol. The van der Waals surface area contributed by atoms with Crippen LogP contribution < -0.4 is 0 Å². The fourth-order valence-electron chi connectivity index (χ4n) is 3.01. The van der Waals surface area contributed by atoms with Gasteiger partial charge in [-0.2, -0.15) is 0 Å². The zero-order valence-corrected chi connectivity index (χ0v) is 16.1. The minimum absolute atomic E-state index is 0.0365. The number of unbranched alkanes of at least 4 members (excludes halogenated alkanes) is 6. The van der Waals surface area contributed by atoms with E-state index >= 15 is 0 Å². The summed E-state index contributed by atoms with van der Waals surface area (Å²) in [5, 5.41) is 19.2. The molecule has 0 heterocycles. The Bertz CT molecular complexity index is 707. The predicted octanol–water partition coefficient (Wildman–Crippen LogP) is 5.75. The Morgan fingerprint density at radius 2 is 1.48 bits per heavy atom. The number of carbonyl (C=O) groups excluding carboxylic acids is 1. The Labute approximate surface area is 161 Å². The number of benzene rings is 2. The zero-order chi connectivity index (χ0) is 19.5. The average molecular weight is 370 g/mol. The van der Waals surface area contributed by atoms with Crippen LogP contribution in [0, 0.1) is 0 Å². The van der Waals surface area contributed by atoms with E-state index in [1.807, 2.05) is 12.1 Å². The van der Waals surface area contributed by atoms with Gasteiger partial charge in [-0.05, 0) is 36.1 Å². The highest BCUT2D eigenvalue weighted by atomic mass is 16.5. The second kappa shape index (κ2) is 11.3. The summed E-state index contributed by atoms with van der Waals surface area (Å²) < 4.78 is 5.23. The third-order valence-electron chi connectivity index (χ3n) is 4.70. The minimum Gasteiger partial charge on any atom is -0.504 e. The van der Waals surface area contributed by atoms with E-state index in [0.29, 0.717) is 0 Å². The molecule has 0 radical (unpaired) electrons. The maximum absolute atomic E-state index is 12.0. The molecule has 0 aliphatic rings. The van der Waals surface area contributed by atoms with Gasteiger partial charge in [0, 0.05) is 0 Å². The van der Waals surface area contributed by atoms with Gasteiger partial charge in [-0.3, -0.25) is 0 Å². The molecule has 2 N–H and O–H groups in total. The SMILES string of the molecule is CCCCCCCCCc1ccc(COC(=O)c2cccc(O)c2O)cc1. The average Bonchev–Trinajstić information content (AvgIpc) is 2.68. The third kappa shape index (κ3) is 6.97. The van der Waals surface area contributed by atoms with Crippen molar-refractivity contribution in [1.29, 1.82) is 0 Å². The lowest BCUT2D eigenvalue weighted by atomic mass is 10.0. The fourth-order valence-corrected chi connectivity index (χ4v) is 3.01. The van der Waals surface area contributed by atoms with Gasteiger partial charge in [0.2, 0.25) is 0 Å². The van der Waals surface area contributed by atoms with Crippen LogP contribution in [0.15, 0.2) is 42.5 Å². The van der Waals surface area contributed by atoms with Crippen molar-refractivity contribution in [1.82, 2.24) is 0 Å². The first-order chi connectivity index (χ1) is 13.1. The molecule has 0 spiro atoms. The molecule has 0 amide bonds. The fraction of sp³-hybridized carbons (Fsp3) is 0.435. The van der Waals surface area contributed by atoms with Crippen molar-refractivity contribution in [3.63, 3.8) is 0 Å². The first kappa shape index (κ1) is 20.8. The first-order valence-electron chi connectivity index (χ1n) is 9.87. The van der Waals surface area contributed by atoms with Crippen LogP contribution in [0.1, 0.15) is 73.4 Å². The maximum Gasteiger partial charge on any atom is 0.342 e. The monoisotopic (exact) mass is 370 g/mol. The Kier molecular flexibility index (Phi) is 8.69. The highest BCUT2D eigenvalue weighted by Crippen LogP contribution is 2.28. The first-order valence-corrected chi connectivity index (χ1v) is 9.87. The molecule has 0 aliphatic carbocycles. The van der Waals surface area contributed by atoms with Crippen molar-refractivity contribution >= 4 is 5.97 Å². The number of phenols is 2. The smallest absolute Gasteiger partial charge is 0.342 e. The summed E-state index contributed by atoms with van der Waals surface area (Å²) in [5.41, 5.74) is 2.15. The summed E-state index contributed by atoms with van der Waals surface area (Å²) in [6, 6.07) is 12.3. The lowest BCUT2D eigenvalue weighted by Crippen LogP contribution is -2.05. The van der Waals surface area contributed by atoms with Crippen LogP contribution in [-0.2, 0) is 17.8 Å². The van der Waals surface area contributed by atoms with Gasteiger partial charge in [-0.25, -0.2) is 4.79 Å². The maximum atomic E-state index is 12.0. The van der Waals surface area contributed by atoms with E-state index < -0.39 is 11.7 Å². The van der Waals surface area contributed by atoms with Crippen molar-refractivity contribution in [2.45, 2.75) is 64.9 Å². The van der Waals surface area contributed by atoms with Crippen molar-refractivity contribution < 1.29 is 19.7 Å². The standard InChI is InChI=1S/C23H30O4/c1-2-3-4-5-6-7-8-10-18-13-15-19(16-14-18)17-27-23(26)20-11-9-12-21(24)22(20)25/h9,11-16,24-25H,2-8,10,17H2,1H3. The van der Waals surface area contributed by atoms with E-state index in [0.717, 1.165) is 12.0 Å². The van der Waals surface area contributed by atoms with Crippen LogP contribution in [0.5, 0.6) is 11.5 Å². The number of carbonyl (C=O) groups is 1. The summed E-state index contributed by atoms with van der Waals surface area (Å²) in [6.07, 6.45) is 10.2. The van der Waals surface area contributed by atoms with Crippen molar-refractivity contribution in [2.24, 2.45) is 0 Å². The Morgan fingerprint density at radius 1 is 0.852 bits per heavy atom. The summed E-state index contributed by atoms with van der Waals surface area (Å²) in [7, 11) is 0. The van der Waals surface area contributed by atoms with Crippen molar-refractivity contribution in [3.05, 3.63) is 59.2 Å². The second-order valence-corrected chi connectivity index (χ2v) is 6.94. The molecule has 27 heavy (non-hydrogen) atoms. The van der Waals surface area contributed by atoms with Crippen LogP contribution in [-0.4, -0.2) is 16.2 Å². The highest BCUT2D eigenvalue weighted by molar-refractivity contribution is 5.93. The van der Waals surface area contributed by atoms with Gasteiger partial charge in [0.05, 0.1) is 0 Å². The lowest BCUT2D eigenvalue weighted by Gasteiger charge is -2.08. The largest absolute Gasteiger partial charge is 0.504 e. The number of para-hydroxylation sites is 1. The van der Waals surface area contributed by atoms with E-state index in [4.69, 9.17) is 4.74 Å². The van der Waals surface area contributed by atoms with E-state index in [-0.39, 0.29) is 17.9 Å². The molecular formula is C23H30O4. The molecule has 2 rings (SSSR count). The van der Waals surface area contributed by atoms with Gasteiger partial charge >= 0.3 is 5.97 Å². The number of hydrogen-bond donors (Lipinski definition) is 2. The van der Waals surface area contributed by atoms with E-state index in [2.05, 4.69) is 19.1 Å². The quantitative estimate of drug-likeness (QED) is 0.300. The van der Waals surface area contributed by atoms with Gasteiger partial charge in [0.25, 0.3) is 0 Å². The van der Waals surface area contributed by atoms with Crippen LogP contribution in [0.4, 0.5) is 0 Å². The van der Waals surface area contributed by atoms with Crippen molar-refractivity contribution in [2.75, 3.05) is 0 Å². The molecule has 4 nitrogen and oxygen atoms in total. The van der Waals surface area contributed by atoms with Crippen LogP contribution in [0.2, 0.25) is 0 Å². The molecule has 2 aromatic carbocycles. The normalized spacial score (nSPS) is 10.7. The number of ether oxygens (including phenoxy) is 1. The molecule has 0 saturated carbocycles. The third-order valence-corrected chi connectivity index (χ3v) is 4.70. The Hall–Kier alpha value is -2.49. The van der Waals surface area contributed by atoms with E-state index in [9.17, 15) is 15.0 Å². The van der Waals surface area contributed by atoms with Gasteiger partial charge in [0.15, 0.2) is 11.5 Å². The van der Waals surface area contributed by atoms with E-state index in [1.165, 1.54) is 68.7 Å². The summed E-state index contributed by atoms with van der Waals surface area (Å²) in [5.74, 6) is -1.44. The molecule has 0 bridgehead atoms. The number of aromatic hydroxyl groups is 2. The second-order valence-electron chi connectivity index (χ2n) is 6.94. The van der Waals surface area contributed by atoms with Gasteiger partial charge in [-0.15, -0.1) is 0 Å². The van der Waals surface area contributed by atoms with Gasteiger partial charge < -0.3 is 14.9 Å². The number of phenolic OH excluding ortho intramolecular Hbond substituents is 2. The molecule has 0 atom stereocenters. The molecule has 0 unspecified atom stereocenters. The summed E-state index contributed by atoms with van der Waals surface area (Å²) in [6.45, 7) is 2.37. The molecule has 0 saturated heterocycles. The lowest BCUT2D eigenvalue weighted by molar-refractivity contribution is 0.0468. The molecule has 0 aliphatic heterocycles. The van der Waals surface area contributed by atoms with Gasteiger partial charge in [-0.1, -0.05) is 75.8 Å². The number of aryl methyl sites for hydroxylation is 1.